The van der Waals surface area contributed by atoms with Gasteiger partial charge in [0.2, 0.25) is 0 Å². The maximum Gasteiger partial charge on any atom is 0.163 e. The maximum absolute atomic E-state index is 10.9. The Hall–Kier alpha value is -2.77. The van der Waals surface area contributed by atoms with Gasteiger partial charge in [0.15, 0.2) is 17.3 Å². The van der Waals surface area contributed by atoms with E-state index in [1.807, 2.05) is 31.2 Å². The number of likely N-dealkylation sites (tertiary alicyclic amines) is 2. The van der Waals surface area contributed by atoms with Gasteiger partial charge < -0.3 is 29.0 Å². The molecule has 3 aromatic rings. The fourth-order valence-corrected chi connectivity index (χ4v) is 5.39. The highest BCUT2D eigenvalue weighted by molar-refractivity contribution is 5.96. The molecule has 0 bridgehead atoms. The van der Waals surface area contributed by atoms with Gasteiger partial charge in [-0.3, -0.25) is 0 Å². The number of benzene rings is 1. The molecule has 35 heavy (non-hydrogen) atoms. The SMILES string of the molecule is Cc1ccc(-c2cc(N(C)C3CCN(C)CC3)c3cc(O)c(OCCCN4CCCC4)cc3n2)o1. The van der Waals surface area contributed by atoms with Gasteiger partial charge in [-0.05, 0) is 96.5 Å². The van der Waals surface area contributed by atoms with Gasteiger partial charge in [0.1, 0.15) is 11.5 Å². The summed E-state index contributed by atoms with van der Waals surface area (Å²) >= 11 is 0. The minimum Gasteiger partial charge on any atom is -0.504 e. The zero-order chi connectivity index (χ0) is 24.4. The van der Waals surface area contributed by atoms with E-state index < -0.39 is 0 Å². The Balaban J connectivity index is 1.44. The van der Waals surface area contributed by atoms with Crippen LogP contribution in [0.25, 0.3) is 22.4 Å². The van der Waals surface area contributed by atoms with E-state index >= 15 is 0 Å². The quantitative estimate of drug-likeness (QED) is 0.462. The molecule has 188 valence electrons. The Morgan fingerprint density at radius 2 is 1.89 bits per heavy atom. The molecule has 0 saturated carbocycles. The first-order valence-corrected chi connectivity index (χ1v) is 13.0. The number of aromatic nitrogens is 1. The molecule has 0 spiro atoms. The molecule has 2 fully saturated rings. The second-order valence-electron chi connectivity index (χ2n) is 10.2. The Bertz CT molecular complexity index is 1150. The van der Waals surface area contributed by atoms with Gasteiger partial charge in [-0.1, -0.05) is 0 Å². The third kappa shape index (κ3) is 5.41. The summed E-state index contributed by atoms with van der Waals surface area (Å²) in [6, 6.07) is 10.2. The molecule has 2 aromatic heterocycles. The van der Waals surface area contributed by atoms with E-state index in [1.54, 1.807) is 0 Å². The highest BCUT2D eigenvalue weighted by atomic mass is 16.5. The van der Waals surface area contributed by atoms with Crippen molar-refractivity contribution >= 4 is 16.6 Å². The van der Waals surface area contributed by atoms with Crippen LogP contribution in [0.4, 0.5) is 5.69 Å². The van der Waals surface area contributed by atoms with Crippen molar-refractivity contribution in [2.24, 2.45) is 0 Å². The molecular weight excluding hydrogens is 440 g/mol. The lowest BCUT2D eigenvalue weighted by molar-refractivity contribution is 0.253. The molecule has 0 radical (unpaired) electrons. The van der Waals surface area contributed by atoms with Crippen LogP contribution in [0.15, 0.2) is 34.7 Å². The molecule has 5 rings (SSSR count). The summed E-state index contributed by atoms with van der Waals surface area (Å²) in [6.07, 6.45) is 5.75. The molecule has 7 heteroatoms. The third-order valence-corrected chi connectivity index (χ3v) is 7.55. The molecule has 2 aliphatic heterocycles. The van der Waals surface area contributed by atoms with Crippen molar-refractivity contribution in [2.45, 2.75) is 45.1 Å². The molecule has 2 saturated heterocycles. The molecule has 7 nitrogen and oxygen atoms in total. The molecule has 2 aliphatic rings. The predicted molar refractivity (Wildman–Crippen MR) is 141 cm³/mol. The topological polar surface area (TPSA) is 65.2 Å². The summed E-state index contributed by atoms with van der Waals surface area (Å²) in [5, 5.41) is 11.8. The summed E-state index contributed by atoms with van der Waals surface area (Å²) < 4.78 is 11.9. The summed E-state index contributed by atoms with van der Waals surface area (Å²) in [5.74, 6) is 2.27. The van der Waals surface area contributed by atoms with E-state index in [0.29, 0.717) is 18.4 Å². The van der Waals surface area contributed by atoms with Crippen molar-refractivity contribution in [3.8, 4) is 23.0 Å². The van der Waals surface area contributed by atoms with Gasteiger partial charge in [-0.2, -0.15) is 0 Å². The number of hydrogen-bond acceptors (Lipinski definition) is 7. The molecule has 0 amide bonds. The second kappa shape index (κ2) is 10.5. The van der Waals surface area contributed by atoms with Crippen LogP contribution in [0.2, 0.25) is 0 Å². The fraction of sp³-hybridized carbons (Fsp3) is 0.536. The van der Waals surface area contributed by atoms with Gasteiger partial charge in [-0.15, -0.1) is 0 Å². The zero-order valence-corrected chi connectivity index (χ0v) is 21.3. The molecule has 0 unspecified atom stereocenters. The van der Waals surface area contributed by atoms with Crippen LogP contribution in [0, 0.1) is 6.92 Å². The number of furan rings is 1. The number of phenolic OH excluding ortho intramolecular Hbond substituents is 1. The summed E-state index contributed by atoms with van der Waals surface area (Å²) in [5.41, 5.74) is 2.66. The van der Waals surface area contributed by atoms with Crippen molar-refractivity contribution in [1.29, 1.82) is 0 Å². The average molecular weight is 479 g/mol. The maximum atomic E-state index is 10.9. The van der Waals surface area contributed by atoms with Gasteiger partial charge in [0, 0.05) is 36.8 Å². The van der Waals surface area contributed by atoms with E-state index in [9.17, 15) is 5.11 Å². The smallest absolute Gasteiger partial charge is 0.163 e. The number of pyridine rings is 1. The van der Waals surface area contributed by atoms with Crippen LogP contribution in [-0.2, 0) is 0 Å². The van der Waals surface area contributed by atoms with Crippen LogP contribution >= 0.6 is 0 Å². The number of rotatable bonds is 8. The first-order chi connectivity index (χ1) is 17.0. The number of nitrogens with zero attached hydrogens (tertiary/aromatic N) is 4. The number of ether oxygens (including phenoxy) is 1. The Morgan fingerprint density at radius 3 is 2.60 bits per heavy atom. The summed E-state index contributed by atoms with van der Waals surface area (Å²) in [6.45, 7) is 8.12. The van der Waals surface area contributed by atoms with Gasteiger partial charge >= 0.3 is 0 Å². The van der Waals surface area contributed by atoms with Crippen molar-refractivity contribution in [2.75, 3.05) is 58.3 Å². The first-order valence-electron chi connectivity index (χ1n) is 13.0. The van der Waals surface area contributed by atoms with Crippen LogP contribution in [0.5, 0.6) is 11.5 Å². The lowest BCUT2D eigenvalue weighted by atomic mass is 10.0. The van der Waals surface area contributed by atoms with Crippen LogP contribution in [-0.4, -0.2) is 79.4 Å². The van der Waals surface area contributed by atoms with Crippen molar-refractivity contribution < 1.29 is 14.3 Å². The molecule has 1 N–H and O–H groups in total. The lowest BCUT2D eigenvalue weighted by Crippen LogP contribution is -2.42. The molecule has 1 aromatic carbocycles. The average Bonchev–Trinajstić information content (AvgIpc) is 3.53. The summed E-state index contributed by atoms with van der Waals surface area (Å²) in [4.78, 5) is 12.1. The Kier molecular flexibility index (Phi) is 7.16. The van der Waals surface area contributed by atoms with E-state index in [1.165, 1.54) is 25.9 Å². The number of hydrogen-bond donors (Lipinski definition) is 1. The largest absolute Gasteiger partial charge is 0.504 e. The summed E-state index contributed by atoms with van der Waals surface area (Å²) in [7, 11) is 4.34. The van der Waals surface area contributed by atoms with Crippen LogP contribution < -0.4 is 9.64 Å². The number of phenols is 1. The predicted octanol–water partition coefficient (Wildman–Crippen LogP) is 4.90. The van der Waals surface area contributed by atoms with E-state index in [0.717, 1.165) is 72.7 Å². The molecular formula is C28H38N4O3. The molecule has 0 aliphatic carbocycles. The highest BCUT2D eigenvalue weighted by Gasteiger charge is 2.24. The van der Waals surface area contributed by atoms with Crippen LogP contribution in [0.1, 0.15) is 37.9 Å². The first kappa shape index (κ1) is 23.9. The number of fused-ring (bicyclic) bond motifs is 1. The normalized spacial score (nSPS) is 17.9. The number of aryl methyl sites for hydroxylation is 1. The fourth-order valence-electron chi connectivity index (χ4n) is 5.39. The van der Waals surface area contributed by atoms with Crippen molar-refractivity contribution in [1.82, 2.24) is 14.8 Å². The van der Waals surface area contributed by atoms with Crippen molar-refractivity contribution in [3.63, 3.8) is 0 Å². The van der Waals surface area contributed by atoms with E-state index in [4.69, 9.17) is 14.1 Å². The van der Waals surface area contributed by atoms with Gasteiger partial charge in [0.05, 0.1) is 12.1 Å². The van der Waals surface area contributed by atoms with Crippen LogP contribution in [0.3, 0.4) is 0 Å². The zero-order valence-electron chi connectivity index (χ0n) is 21.3. The van der Waals surface area contributed by atoms with Gasteiger partial charge in [0.25, 0.3) is 0 Å². The van der Waals surface area contributed by atoms with Crippen molar-refractivity contribution in [3.05, 3.63) is 36.1 Å². The monoisotopic (exact) mass is 478 g/mol. The number of anilines is 1. The van der Waals surface area contributed by atoms with E-state index in [-0.39, 0.29) is 5.75 Å². The molecule has 0 atom stereocenters. The second-order valence-corrected chi connectivity index (χ2v) is 10.2. The third-order valence-electron chi connectivity index (χ3n) is 7.55. The molecule has 4 heterocycles. The lowest BCUT2D eigenvalue weighted by Gasteiger charge is -2.37. The standard InChI is InChI=1S/C28H38N4O3/c1-20-7-8-27(35-20)24-18-25(31(3)21-9-14-30(2)15-10-21)22-17-26(33)28(19-23(22)29-24)34-16-6-13-32-11-4-5-12-32/h7-8,17-19,21,33H,4-6,9-16H2,1-3H3. The Labute approximate surface area is 208 Å². The Morgan fingerprint density at radius 1 is 1.11 bits per heavy atom. The number of piperidine rings is 1. The minimum absolute atomic E-state index is 0.167. The number of aromatic hydroxyl groups is 1. The highest BCUT2D eigenvalue weighted by Crippen LogP contribution is 2.39. The van der Waals surface area contributed by atoms with Gasteiger partial charge in [-0.25, -0.2) is 4.98 Å². The van der Waals surface area contributed by atoms with E-state index in [2.05, 4.69) is 34.9 Å². The minimum atomic E-state index is 0.167.